The average molecular weight is 295 g/mol. The number of pyridine rings is 1. The normalized spacial score (nSPS) is 9.60. The summed E-state index contributed by atoms with van der Waals surface area (Å²) in [5.41, 5.74) is 6.85. The molecule has 0 bridgehead atoms. The Morgan fingerprint density at radius 2 is 1.85 bits per heavy atom. The molecule has 2 rings (SSSR count). The number of nitrogens with zero attached hydrogens (tertiary/aromatic N) is 1. The first-order valence-electron chi connectivity index (χ1n) is 6.38. The molecule has 0 aliphatic carbocycles. The summed E-state index contributed by atoms with van der Waals surface area (Å²) in [5, 5.41) is 0.128. The average Bonchev–Trinajstić information content (AvgIpc) is 2.47. The van der Waals surface area contributed by atoms with Gasteiger partial charge in [0.15, 0.2) is 0 Å². The van der Waals surface area contributed by atoms with E-state index in [-0.39, 0.29) is 10.6 Å². The van der Waals surface area contributed by atoms with Gasteiger partial charge in [0.1, 0.15) is 10.8 Å². The molecule has 0 aliphatic heterocycles. The van der Waals surface area contributed by atoms with Crippen molar-refractivity contribution in [1.82, 2.24) is 4.57 Å². The van der Waals surface area contributed by atoms with Crippen LogP contribution < -0.4 is 16.0 Å². The lowest BCUT2D eigenvalue weighted by atomic mass is 10.2. The highest BCUT2D eigenvalue weighted by Crippen LogP contribution is 2.13. The minimum Gasteiger partial charge on any atom is -0.497 e. The topological polar surface area (TPSA) is 57.2 Å². The summed E-state index contributed by atoms with van der Waals surface area (Å²) in [5.74, 6) is 0.775. The van der Waals surface area contributed by atoms with E-state index in [1.54, 1.807) is 13.3 Å². The molecular weight excluding hydrogens is 276 g/mol. The standard InChI is InChI=1S/C13H13ClN2O2.C2H6/c1-18-11-4-2-9(3-5-11)7-16-8-10(15)6-12(14)13(16)17;1-2/h2-6,8H,7,15H2,1H3;1-2H3. The van der Waals surface area contributed by atoms with Gasteiger partial charge >= 0.3 is 0 Å². The zero-order valence-corrected chi connectivity index (χ0v) is 12.6. The summed E-state index contributed by atoms with van der Waals surface area (Å²) >= 11 is 5.80. The quantitative estimate of drug-likeness (QED) is 0.946. The Labute approximate surface area is 123 Å². The molecule has 1 heterocycles. The fraction of sp³-hybridized carbons (Fsp3) is 0.267. The van der Waals surface area contributed by atoms with Gasteiger partial charge in [-0.15, -0.1) is 0 Å². The van der Waals surface area contributed by atoms with E-state index in [0.717, 1.165) is 11.3 Å². The van der Waals surface area contributed by atoms with E-state index in [1.165, 1.54) is 10.6 Å². The number of halogens is 1. The summed E-state index contributed by atoms with van der Waals surface area (Å²) in [7, 11) is 1.61. The molecule has 0 amide bonds. The predicted molar refractivity (Wildman–Crippen MR) is 83.6 cm³/mol. The maximum absolute atomic E-state index is 11.8. The van der Waals surface area contributed by atoms with Crippen molar-refractivity contribution in [1.29, 1.82) is 0 Å². The number of anilines is 1. The number of hydrogen-bond donors (Lipinski definition) is 1. The van der Waals surface area contributed by atoms with Gasteiger partial charge in [0.2, 0.25) is 0 Å². The highest BCUT2D eigenvalue weighted by atomic mass is 35.5. The van der Waals surface area contributed by atoms with Crippen LogP contribution in [0.25, 0.3) is 0 Å². The summed E-state index contributed by atoms with van der Waals surface area (Å²) in [6.45, 7) is 4.42. The third-order valence-corrected chi connectivity index (χ3v) is 2.85. The molecule has 2 N–H and O–H groups in total. The summed E-state index contributed by atoms with van der Waals surface area (Å²) in [6.07, 6.45) is 1.58. The van der Waals surface area contributed by atoms with E-state index in [2.05, 4.69) is 0 Å². The van der Waals surface area contributed by atoms with Crippen LogP contribution in [0.5, 0.6) is 5.75 Å². The highest BCUT2D eigenvalue weighted by Gasteiger charge is 2.04. The lowest BCUT2D eigenvalue weighted by Crippen LogP contribution is -2.21. The third kappa shape index (κ3) is 4.03. The highest BCUT2D eigenvalue weighted by molar-refractivity contribution is 6.30. The molecule has 0 fully saturated rings. The van der Waals surface area contributed by atoms with E-state index in [1.807, 2.05) is 38.1 Å². The maximum Gasteiger partial charge on any atom is 0.269 e. The first-order chi connectivity index (χ1) is 9.60. The van der Waals surface area contributed by atoms with Gasteiger partial charge in [0.05, 0.1) is 13.7 Å². The molecule has 1 aromatic heterocycles. The van der Waals surface area contributed by atoms with Gasteiger partial charge in [-0.25, -0.2) is 0 Å². The molecule has 1 aromatic carbocycles. The van der Waals surface area contributed by atoms with E-state index >= 15 is 0 Å². The fourth-order valence-electron chi connectivity index (χ4n) is 1.67. The van der Waals surface area contributed by atoms with Crippen LogP contribution in [0.4, 0.5) is 5.69 Å². The van der Waals surface area contributed by atoms with Crippen LogP contribution in [0.3, 0.4) is 0 Å². The van der Waals surface area contributed by atoms with Gasteiger partial charge in [0.25, 0.3) is 5.56 Å². The molecule has 0 saturated heterocycles. The van der Waals surface area contributed by atoms with Crippen LogP contribution >= 0.6 is 11.6 Å². The van der Waals surface area contributed by atoms with Crippen molar-refractivity contribution in [3.63, 3.8) is 0 Å². The van der Waals surface area contributed by atoms with E-state index in [0.29, 0.717) is 12.2 Å². The Balaban J connectivity index is 0.000000956. The van der Waals surface area contributed by atoms with E-state index in [4.69, 9.17) is 22.1 Å². The van der Waals surface area contributed by atoms with Crippen molar-refractivity contribution in [3.8, 4) is 5.75 Å². The summed E-state index contributed by atoms with van der Waals surface area (Å²) < 4.78 is 6.56. The second-order valence-corrected chi connectivity index (χ2v) is 4.31. The molecular formula is C15H19ClN2O2. The van der Waals surface area contributed by atoms with Gasteiger partial charge in [0, 0.05) is 11.9 Å². The first-order valence-corrected chi connectivity index (χ1v) is 6.76. The molecule has 0 saturated carbocycles. The molecule has 0 radical (unpaired) electrons. The van der Waals surface area contributed by atoms with Gasteiger partial charge in [-0.2, -0.15) is 0 Å². The third-order valence-electron chi connectivity index (χ3n) is 2.58. The lowest BCUT2D eigenvalue weighted by molar-refractivity contribution is 0.414. The Hall–Kier alpha value is -1.94. The minimum absolute atomic E-state index is 0.128. The van der Waals surface area contributed by atoms with Crippen LogP contribution in [0, 0.1) is 0 Å². The number of nitrogen functional groups attached to an aromatic ring is 1. The van der Waals surface area contributed by atoms with E-state index in [9.17, 15) is 4.79 Å². The number of hydrogen-bond acceptors (Lipinski definition) is 3. The Bertz CT molecular complexity index is 606. The number of aromatic nitrogens is 1. The summed E-state index contributed by atoms with van der Waals surface area (Å²) in [6, 6.07) is 8.92. The number of rotatable bonds is 3. The zero-order chi connectivity index (χ0) is 15.1. The Morgan fingerprint density at radius 1 is 1.25 bits per heavy atom. The van der Waals surface area contributed by atoms with Gasteiger partial charge in [-0.1, -0.05) is 37.6 Å². The molecule has 2 aromatic rings. The van der Waals surface area contributed by atoms with Crippen molar-refractivity contribution in [2.24, 2.45) is 0 Å². The molecule has 0 spiro atoms. The number of ether oxygens (including phenoxy) is 1. The Morgan fingerprint density at radius 3 is 2.40 bits per heavy atom. The largest absolute Gasteiger partial charge is 0.497 e. The molecule has 20 heavy (non-hydrogen) atoms. The SMILES string of the molecule is CC.COc1ccc(Cn2cc(N)cc(Cl)c2=O)cc1. The van der Waals surface area contributed by atoms with Gasteiger partial charge < -0.3 is 15.0 Å². The van der Waals surface area contributed by atoms with E-state index < -0.39 is 0 Å². The van der Waals surface area contributed by atoms with Gasteiger partial charge in [-0.05, 0) is 23.8 Å². The van der Waals surface area contributed by atoms with Crippen LogP contribution in [0.15, 0.2) is 41.3 Å². The molecule has 4 nitrogen and oxygen atoms in total. The van der Waals surface area contributed by atoms with Crippen molar-refractivity contribution in [3.05, 3.63) is 57.5 Å². The molecule has 0 aliphatic rings. The number of nitrogens with two attached hydrogens (primary N) is 1. The maximum atomic E-state index is 11.8. The predicted octanol–water partition coefficient (Wildman–Crippen LogP) is 3.17. The van der Waals surface area contributed by atoms with Crippen LogP contribution in [0.2, 0.25) is 5.02 Å². The zero-order valence-electron chi connectivity index (χ0n) is 11.9. The van der Waals surface area contributed by atoms with Gasteiger partial charge in [-0.3, -0.25) is 4.79 Å². The first kappa shape index (κ1) is 16.1. The number of benzene rings is 1. The number of methoxy groups -OCH3 is 1. The Kier molecular flexibility index (Phi) is 6.12. The van der Waals surface area contributed by atoms with Crippen molar-refractivity contribution in [2.75, 3.05) is 12.8 Å². The summed E-state index contributed by atoms with van der Waals surface area (Å²) in [4.78, 5) is 11.8. The van der Waals surface area contributed by atoms with Crippen LogP contribution in [-0.4, -0.2) is 11.7 Å². The van der Waals surface area contributed by atoms with Crippen molar-refractivity contribution >= 4 is 17.3 Å². The lowest BCUT2D eigenvalue weighted by Gasteiger charge is -2.08. The van der Waals surface area contributed by atoms with Crippen LogP contribution in [0.1, 0.15) is 19.4 Å². The monoisotopic (exact) mass is 294 g/mol. The second kappa shape index (κ2) is 7.60. The van der Waals surface area contributed by atoms with Crippen molar-refractivity contribution < 1.29 is 4.74 Å². The second-order valence-electron chi connectivity index (χ2n) is 3.90. The van der Waals surface area contributed by atoms with Crippen LogP contribution in [-0.2, 0) is 6.54 Å². The fourth-order valence-corrected chi connectivity index (χ4v) is 1.90. The molecule has 5 heteroatoms. The van der Waals surface area contributed by atoms with Crippen molar-refractivity contribution in [2.45, 2.75) is 20.4 Å². The molecule has 0 unspecified atom stereocenters. The smallest absolute Gasteiger partial charge is 0.269 e. The molecule has 108 valence electrons. The minimum atomic E-state index is -0.248. The molecule has 0 atom stereocenters.